The Labute approximate surface area is 196 Å². The number of aromatic nitrogens is 2. The molecule has 1 aliphatic carbocycles. The van der Waals surface area contributed by atoms with Gasteiger partial charge in [-0.3, -0.25) is 0 Å². The van der Waals surface area contributed by atoms with Gasteiger partial charge in [-0.15, -0.1) is 0 Å². The molecule has 1 aliphatic rings. The highest BCUT2D eigenvalue weighted by molar-refractivity contribution is 6.03. The number of benzene rings is 2. The van der Waals surface area contributed by atoms with Crippen molar-refractivity contribution in [3.05, 3.63) is 60.9 Å². The summed E-state index contributed by atoms with van der Waals surface area (Å²) in [6.07, 6.45) is 3.22. The van der Waals surface area contributed by atoms with E-state index in [1.54, 1.807) is 7.11 Å². The lowest BCUT2D eigenvalue weighted by Gasteiger charge is -2.14. The van der Waals surface area contributed by atoms with Crippen molar-refractivity contribution in [3.8, 4) is 34.1 Å². The van der Waals surface area contributed by atoms with E-state index < -0.39 is 5.97 Å². The van der Waals surface area contributed by atoms with Crippen LogP contribution in [0.5, 0.6) is 11.6 Å². The van der Waals surface area contributed by atoms with Crippen LogP contribution in [0.1, 0.15) is 19.3 Å². The van der Waals surface area contributed by atoms with Crippen LogP contribution in [0.25, 0.3) is 33.6 Å². The lowest BCUT2D eigenvalue weighted by Crippen LogP contribution is -2.18. The maximum atomic E-state index is 10.8. The van der Waals surface area contributed by atoms with Gasteiger partial charge in [0.25, 0.3) is 0 Å². The van der Waals surface area contributed by atoms with E-state index in [1.165, 1.54) is 6.33 Å². The maximum Gasteiger partial charge on any atom is 0.329 e. The van der Waals surface area contributed by atoms with E-state index in [9.17, 15) is 4.79 Å². The van der Waals surface area contributed by atoms with Crippen LogP contribution in [-0.4, -0.2) is 47.0 Å². The third-order valence-electron chi connectivity index (χ3n) is 5.93. The van der Waals surface area contributed by atoms with E-state index in [2.05, 4.69) is 9.97 Å². The van der Waals surface area contributed by atoms with Gasteiger partial charge in [-0.1, -0.05) is 42.5 Å². The van der Waals surface area contributed by atoms with Gasteiger partial charge in [0.1, 0.15) is 35.9 Å². The monoisotopic (exact) mass is 460 g/mol. The molecule has 2 atom stereocenters. The minimum atomic E-state index is -0.974. The van der Waals surface area contributed by atoms with E-state index in [-0.39, 0.29) is 18.8 Å². The Kier molecular flexibility index (Phi) is 6.14. The smallest absolute Gasteiger partial charge is 0.329 e. The van der Waals surface area contributed by atoms with Crippen molar-refractivity contribution in [1.29, 1.82) is 0 Å². The zero-order valence-corrected chi connectivity index (χ0v) is 18.6. The van der Waals surface area contributed by atoms with E-state index in [0.29, 0.717) is 29.2 Å². The quantitative estimate of drug-likeness (QED) is 0.393. The predicted octanol–water partition coefficient (Wildman–Crippen LogP) is 4.97. The summed E-state index contributed by atoms with van der Waals surface area (Å²) >= 11 is 0. The molecule has 2 aromatic heterocycles. The molecule has 0 unspecified atom stereocenters. The summed E-state index contributed by atoms with van der Waals surface area (Å²) in [5.41, 5.74) is 3.12. The van der Waals surface area contributed by atoms with Crippen LogP contribution >= 0.6 is 0 Å². The average molecular weight is 460 g/mol. The van der Waals surface area contributed by atoms with Crippen LogP contribution in [0.15, 0.2) is 65.3 Å². The zero-order chi connectivity index (χ0) is 23.5. The molecule has 34 heavy (non-hydrogen) atoms. The van der Waals surface area contributed by atoms with Crippen molar-refractivity contribution in [2.24, 2.45) is 0 Å². The zero-order valence-electron chi connectivity index (χ0n) is 18.6. The third-order valence-corrected chi connectivity index (χ3v) is 5.93. The second kappa shape index (κ2) is 9.52. The van der Waals surface area contributed by atoms with Crippen molar-refractivity contribution >= 4 is 17.1 Å². The molecule has 8 heteroatoms. The van der Waals surface area contributed by atoms with Gasteiger partial charge in [0.2, 0.25) is 11.6 Å². The van der Waals surface area contributed by atoms with Crippen molar-refractivity contribution in [3.63, 3.8) is 0 Å². The van der Waals surface area contributed by atoms with Gasteiger partial charge >= 0.3 is 5.97 Å². The second-order valence-electron chi connectivity index (χ2n) is 8.14. The predicted molar refractivity (Wildman–Crippen MR) is 125 cm³/mol. The first kappa shape index (κ1) is 21.9. The fourth-order valence-corrected chi connectivity index (χ4v) is 4.33. The Morgan fingerprint density at radius 2 is 1.79 bits per heavy atom. The fraction of sp³-hybridized carbons (Fsp3) is 0.269. The molecule has 1 fully saturated rings. The first-order valence-electron chi connectivity index (χ1n) is 11.1. The summed E-state index contributed by atoms with van der Waals surface area (Å²) in [7, 11) is 1.63. The number of aliphatic carboxylic acids is 1. The molecule has 174 valence electrons. The number of ether oxygens (including phenoxy) is 3. The lowest BCUT2D eigenvalue weighted by atomic mass is 9.99. The number of hydrogen-bond acceptors (Lipinski definition) is 7. The van der Waals surface area contributed by atoms with Crippen LogP contribution in [0.3, 0.4) is 0 Å². The highest BCUT2D eigenvalue weighted by atomic mass is 16.5. The number of carboxylic acid groups (broad SMARTS) is 1. The van der Waals surface area contributed by atoms with Crippen LogP contribution in [0.2, 0.25) is 0 Å². The fourth-order valence-electron chi connectivity index (χ4n) is 4.33. The van der Waals surface area contributed by atoms with Gasteiger partial charge in [-0.2, -0.15) is 0 Å². The first-order chi connectivity index (χ1) is 16.6. The SMILES string of the molecule is COc1ccc(-c2c(-c3ccccc3)oc3ncnc(O[C@@H]4CC[C@@H](OCC(=O)O)C4)c23)cc1. The van der Waals surface area contributed by atoms with Gasteiger partial charge < -0.3 is 23.7 Å². The Bertz CT molecular complexity index is 1290. The topological polar surface area (TPSA) is 104 Å². The molecule has 0 spiro atoms. The molecule has 2 heterocycles. The summed E-state index contributed by atoms with van der Waals surface area (Å²) in [5, 5.41) is 9.57. The van der Waals surface area contributed by atoms with E-state index in [0.717, 1.165) is 35.3 Å². The number of carboxylic acids is 1. The molecule has 2 aromatic carbocycles. The van der Waals surface area contributed by atoms with Gasteiger partial charge in [0, 0.05) is 17.5 Å². The van der Waals surface area contributed by atoms with Crippen LogP contribution < -0.4 is 9.47 Å². The molecule has 1 N–H and O–H groups in total. The number of rotatable bonds is 8. The lowest BCUT2D eigenvalue weighted by molar-refractivity contribution is -0.144. The van der Waals surface area contributed by atoms with Crippen LogP contribution in [0, 0.1) is 0 Å². The van der Waals surface area contributed by atoms with Gasteiger partial charge in [0.05, 0.1) is 13.2 Å². The van der Waals surface area contributed by atoms with Crippen LogP contribution in [0.4, 0.5) is 0 Å². The van der Waals surface area contributed by atoms with E-state index >= 15 is 0 Å². The van der Waals surface area contributed by atoms with Gasteiger partial charge in [-0.05, 0) is 30.5 Å². The number of furan rings is 1. The Morgan fingerprint density at radius 1 is 1.03 bits per heavy atom. The van der Waals surface area contributed by atoms with Crippen molar-refractivity contribution in [2.75, 3.05) is 13.7 Å². The number of nitrogens with zero attached hydrogens (tertiary/aromatic N) is 2. The van der Waals surface area contributed by atoms with Gasteiger partial charge in [-0.25, -0.2) is 14.8 Å². The molecule has 1 saturated carbocycles. The molecule has 8 nitrogen and oxygen atoms in total. The number of carbonyl (C=O) groups is 1. The Hall–Kier alpha value is -3.91. The molecular weight excluding hydrogens is 436 g/mol. The molecule has 0 aliphatic heterocycles. The molecule has 5 rings (SSSR count). The number of methoxy groups -OCH3 is 1. The standard InChI is InChI=1S/C26H24N2O6/c1-31-18-9-7-16(8-10-18)22-23-25(33-20-12-11-19(13-20)32-14-21(29)30)27-15-28-26(23)34-24(22)17-5-3-2-4-6-17/h2-10,15,19-20H,11-14H2,1H3,(H,29,30)/t19-,20-/m1/s1. The average Bonchev–Trinajstić information content (AvgIpc) is 3.48. The van der Waals surface area contributed by atoms with Crippen LogP contribution in [-0.2, 0) is 9.53 Å². The van der Waals surface area contributed by atoms with E-state index in [1.807, 2.05) is 54.6 Å². The molecule has 0 radical (unpaired) electrons. The maximum absolute atomic E-state index is 10.8. The molecule has 4 aromatic rings. The summed E-state index contributed by atoms with van der Waals surface area (Å²) in [6.45, 7) is -0.307. The molecule has 0 saturated heterocycles. The molecular formula is C26H24N2O6. The molecule has 0 bridgehead atoms. The molecule has 0 amide bonds. The third kappa shape index (κ3) is 4.45. The van der Waals surface area contributed by atoms with Crippen molar-refractivity contribution < 1.29 is 28.5 Å². The minimum absolute atomic E-state index is 0.143. The highest BCUT2D eigenvalue weighted by Gasteiger charge is 2.30. The summed E-state index contributed by atoms with van der Waals surface area (Å²) < 4.78 is 23.3. The minimum Gasteiger partial charge on any atom is -0.497 e. The van der Waals surface area contributed by atoms with Gasteiger partial charge in [0.15, 0.2) is 0 Å². The summed E-state index contributed by atoms with van der Waals surface area (Å²) in [6, 6.07) is 17.6. The first-order valence-corrected chi connectivity index (χ1v) is 11.1. The number of hydrogen-bond donors (Lipinski definition) is 1. The second-order valence-corrected chi connectivity index (χ2v) is 8.14. The Morgan fingerprint density at radius 3 is 2.53 bits per heavy atom. The largest absolute Gasteiger partial charge is 0.497 e. The normalized spacial score (nSPS) is 17.7. The van der Waals surface area contributed by atoms with E-state index in [4.69, 9.17) is 23.7 Å². The van der Waals surface area contributed by atoms with Crippen molar-refractivity contribution in [2.45, 2.75) is 31.5 Å². The van der Waals surface area contributed by atoms with Crippen molar-refractivity contribution in [1.82, 2.24) is 9.97 Å². The Balaban J connectivity index is 1.55. The summed E-state index contributed by atoms with van der Waals surface area (Å²) in [5.74, 6) is 0.896. The number of fused-ring (bicyclic) bond motifs is 1. The highest BCUT2D eigenvalue weighted by Crippen LogP contribution is 2.44. The summed E-state index contributed by atoms with van der Waals surface area (Å²) in [4.78, 5) is 19.6.